The Balaban J connectivity index is 1.67. The van der Waals surface area contributed by atoms with E-state index in [1.54, 1.807) is 58.0 Å². The summed E-state index contributed by atoms with van der Waals surface area (Å²) in [7, 11) is -3.61. The molecule has 0 saturated heterocycles. The molecule has 1 aliphatic rings. The van der Waals surface area contributed by atoms with E-state index in [2.05, 4.69) is 20.6 Å². The molecule has 1 aliphatic heterocycles. The molecule has 0 fully saturated rings. The number of amides is 1. The third-order valence-corrected chi connectivity index (χ3v) is 8.76. The lowest BCUT2D eigenvalue weighted by atomic mass is 9.94. The Labute approximate surface area is 241 Å². The van der Waals surface area contributed by atoms with Gasteiger partial charge >= 0.3 is 12.1 Å². The summed E-state index contributed by atoms with van der Waals surface area (Å²) in [5, 5.41) is 5.58. The van der Waals surface area contributed by atoms with Crippen LogP contribution in [0, 0.1) is 0 Å². The van der Waals surface area contributed by atoms with E-state index in [-0.39, 0.29) is 40.9 Å². The quantitative estimate of drug-likeness (QED) is 0.324. The fourth-order valence-electron chi connectivity index (χ4n) is 4.41. The van der Waals surface area contributed by atoms with Crippen molar-refractivity contribution in [2.45, 2.75) is 62.7 Å². The molecule has 14 heteroatoms. The van der Waals surface area contributed by atoms with Gasteiger partial charge in [-0.15, -0.1) is 0 Å². The van der Waals surface area contributed by atoms with Crippen molar-refractivity contribution in [3.05, 3.63) is 64.8 Å². The summed E-state index contributed by atoms with van der Waals surface area (Å²) in [4.78, 5) is 21.6. The number of para-hydroxylation sites is 1. The van der Waals surface area contributed by atoms with Gasteiger partial charge in [0.25, 0.3) is 0 Å². The molecule has 0 saturated carbocycles. The minimum Gasteiger partial charge on any atom is -0.491 e. The first-order valence-electron chi connectivity index (χ1n) is 12.7. The first-order chi connectivity index (χ1) is 19.2. The van der Waals surface area contributed by atoms with Crippen LogP contribution in [0.2, 0.25) is 5.02 Å². The van der Waals surface area contributed by atoms with Gasteiger partial charge in [0.15, 0.2) is 9.84 Å². The van der Waals surface area contributed by atoms with Crippen molar-refractivity contribution in [1.82, 2.24) is 14.9 Å². The zero-order chi connectivity index (χ0) is 30.1. The Kier molecular flexibility index (Phi) is 8.69. The molecule has 1 atom stereocenters. The maximum Gasteiger partial charge on any atom is 0.471 e. The Morgan fingerprint density at radius 3 is 2.51 bits per heavy atom. The number of alkyl halides is 3. The van der Waals surface area contributed by atoms with Crippen molar-refractivity contribution in [3.8, 4) is 5.75 Å². The lowest BCUT2D eigenvalue weighted by molar-refractivity contribution is -0.186. The van der Waals surface area contributed by atoms with Gasteiger partial charge in [-0.3, -0.25) is 4.79 Å². The van der Waals surface area contributed by atoms with Gasteiger partial charge < -0.3 is 20.3 Å². The van der Waals surface area contributed by atoms with Crippen molar-refractivity contribution >= 4 is 44.8 Å². The van der Waals surface area contributed by atoms with Crippen LogP contribution in [0.5, 0.6) is 5.75 Å². The SMILES string of the molecule is CC(C)Oc1cc(Cl)c2c(c1)CN(C(=O)C(F)(F)F)CC2Nc1nccc(Nc2ccccc2S(=O)(=O)C(C)C)n1. The summed E-state index contributed by atoms with van der Waals surface area (Å²) < 4.78 is 71.5. The number of anilines is 3. The summed E-state index contributed by atoms with van der Waals surface area (Å²) in [6, 6.07) is 10.1. The first-order valence-corrected chi connectivity index (χ1v) is 14.6. The number of hydrogen-bond donors (Lipinski definition) is 2. The van der Waals surface area contributed by atoms with Gasteiger partial charge in [0.2, 0.25) is 5.95 Å². The Morgan fingerprint density at radius 1 is 1.15 bits per heavy atom. The van der Waals surface area contributed by atoms with Crippen LogP contribution in [0.25, 0.3) is 0 Å². The number of halogens is 4. The molecule has 1 aromatic heterocycles. The summed E-state index contributed by atoms with van der Waals surface area (Å²) >= 11 is 6.58. The zero-order valence-corrected chi connectivity index (χ0v) is 24.2. The van der Waals surface area contributed by atoms with Crippen LogP contribution >= 0.6 is 11.6 Å². The van der Waals surface area contributed by atoms with Gasteiger partial charge in [0.05, 0.1) is 28.0 Å². The van der Waals surface area contributed by atoms with Crippen LogP contribution in [-0.4, -0.2) is 53.3 Å². The average molecular weight is 612 g/mol. The van der Waals surface area contributed by atoms with Crippen molar-refractivity contribution in [2.24, 2.45) is 0 Å². The van der Waals surface area contributed by atoms with E-state index in [1.807, 2.05) is 0 Å². The largest absolute Gasteiger partial charge is 0.491 e. The number of rotatable bonds is 8. The molecule has 0 bridgehead atoms. The van der Waals surface area contributed by atoms with Crippen LogP contribution in [0.4, 0.5) is 30.6 Å². The fourth-order valence-corrected chi connectivity index (χ4v) is 5.97. The number of hydrogen-bond acceptors (Lipinski definition) is 8. The number of benzene rings is 2. The second kappa shape index (κ2) is 11.7. The molecule has 2 heterocycles. The predicted octanol–water partition coefficient (Wildman–Crippen LogP) is 5.90. The summed E-state index contributed by atoms with van der Waals surface area (Å²) in [5.41, 5.74) is 1.18. The molecule has 220 valence electrons. The minimum absolute atomic E-state index is 0.0232. The second-order valence-corrected chi connectivity index (χ2v) is 12.9. The highest BCUT2D eigenvalue weighted by molar-refractivity contribution is 7.92. The standard InChI is InChI=1S/C27H29ClF3N5O4S/c1-15(2)40-18-11-17-13-36(25(37)27(29,30)31)14-21(24(17)19(28)12-18)34-26-32-10-9-23(35-26)33-20-7-5-6-8-22(20)41(38,39)16(3)4/h5-12,15-16,21H,13-14H2,1-4H3,(H2,32,33,34,35). The molecule has 9 nitrogen and oxygen atoms in total. The molecule has 0 spiro atoms. The fraction of sp³-hybridized carbons (Fsp3) is 0.370. The van der Waals surface area contributed by atoms with Crippen LogP contribution in [0.15, 0.2) is 53.6 Å². The smallest absolute Gasteiger partial charge is 0.471 e. The molecule has 2 aromatic carbocycles. The molecular weight excluding hydrogens is 583 g/mol. The van der Waals surface area contributed by atoms with E-state index in [0.717, 1.165) is 0 Å². The molecule has 41 heavy (non-hydrogen) atoms. The van der Waals surface area contributed by atoms with E-state index < -0.39 is 33.2 Å². The van der Waals surface area contributed by atoms with Crippen molar-refractivity contribution in [1.29, 1.82) is 0 Å². The number of nitrogens with zero attached hydrogens (tertiary/aromatic N) is 3. The van der Waals surface area contributed by atoms with Crippen LogP contribution in [0.3, 0.4) is 0 Å². The molecule has 1 amide bonds. The highest BCUT2D eigenvalue weighted by Crippen LogP contribution is 2.39. The van der Waals surface area contributed by atoms with Crippen molar-refractivity contribution < 1.29 is 31.1 Å². The molecule has 0 radical (unpaired) electrons. The Hall–Kier alpha value is -3.58. The normalized spacial score (nSPS) is 15.6. The van der Waals surface area contributed by atoms with Gasteiger partial charge in [0.1, 0.15) is 11.6 Å². The molecule has 3 aromatic rings. The van der Waals surface area contributed by atoms with E-state index in [1.165, 1.54) is 18.3 Å². The first kappa shape index (κ1) is 30.4. The molecule has 1 unspecified atom stereocenters. The second-order valence-electron chi connectivity index (χ2n) is 10.0. The average Bonchev–Trinajstić information content (AvgIpc) is 2.87. The van der Waals surface area contributed by atoms with E-state index >= 15 is 0 Å². The highest BCUT2D eigenvalue weighted by Gasteiger charge is 2.45. The zero-order valence-electron chi connectivity index (χ0n) is 22.7. The van der Waals surface area contributed by atoms with Crippen LogP contribution in [0.1, 0.15) is 44.9 Å². The maximum atomic E-state index is 13.4. The number of ether oxygens (including phenoxy) is 1. The monoisotopic (exact) mass is 611 g/mol. The highest BCUT2D eigenvalue weighted by atomic mass is 35.5. The maximum absolute atomic E-state index is 13.4. The molecule has 2 N–H and O–H groups in total. The number of nitrogens with one attached hydrogen (secondary N) is 2. The number of fused-ring (bicyclic) bond motifs is 1. The third-order valence-electron chi connectivity index (χ3n) is 6.24. The van der Waals surface area contributed by atoms with Crippen molar-refractivity contribution in [3.63, 3.8) is 0 Å². The predicted molar refractivity (Wildman–Crippen MR) is 149 cm³/mol. The molecule has 0 aliphatic carbocycles. The van der Waals surface area contributed by atoms with Crippen LogP contribution in [-0.2, 0) is 21.2 Å². The molecule has 4 rings (SSSR count). The third kappa shape index (κ3) is 6.84. The number of carbonyl (C=O) groups excluding carboxylic acids is 1. The Morgan fingerprint density at radius 2 is 1.85 bits per heavy atom. The van der Waals surface area contributed by atoms with Gasteiger partial charge in [-0.1, -0.05) is 23.7 Å². The van der Waals surface area contributed by atoms with Crippen molar-refractivity contribution in [2.75, 3.05) is 17.2 Å². The van der Waals surface area contributed by atoms with E-state index in [0.29, 0.717) is 27.5 Å². The van der Waals surface area contributed by atoms with Gasteiger partial charge in [-0.05, 0) is 63.6 Å². The van der Waals surface area contributed by atoms with E-state index in [9.17, 15) is 26.4 Å². The number of sulfone groups is 1. The minimum atomic E-state index is -5.07. The number of aromatic nitrogens is 2. The lowest BCUT2D eigenvalue weighted by Gasteiger charge is -2.36. The summed E-state index contributed by atoms with van der Waals surface area (Å²) in [6.07, 6.45) is -3.87. The van der Waals surface area contributed by atoms with Gasteiger partial charge in [0, 0.05) is 29.9 Å². The van der Waals surface area contributed by atoms with Gasteiger partial charge in [-0.2, -0.15) is 18.2 Å². The Bertz CT molecular complexity index is 1550. The number of carbonyl (C=O) groups is 1. The summed E-state index contributed by atoms with van der Waals surface area (Å²) in [5.74, 6) is -1.36. The van der Waals surface area contributed by atoms with Gasteiger partial charge in [-0.25, -0.2) is 13.4 Å². The molecular formula is C27H29ClF3N5O4S. The van der Waals surface area contributed by atoms with E-state index in [4.69, 9.17) is 16.3 Å². The summed E-state index contributed by atoms with van der Waals surface area (Å²) in [6.45, 7) is 6.09. The van der Waals surface area contributed by atoms with Crippen LogP contribution < -0.4 is 15.4 Å². The topological polar surface area (TPSA) is 114 Å². The lowest BCUT2D eigenvalue weighted by Crippen LogP contribution is -2.46.